The standard InChI is InChI=1S/C13H22N4O2/c1-2-10(14)13(19)16-11-4-3-5-12-9(11)8-15-17(12)6-7-18/h8,10-11,18H,2-7,14H2,1H3,(H,16,19). The van der Waals surface area contributed by atoms with Crippen LogP contribution in [0.3, 0.4) is 0 Å². The number of carbonyl (C=O) groups is 1. The Bertz CT molecular complexity index is 444. The summed E-state index contributed by atoms with van der Waals surface area (Å²) < 4.78 is 1.83. The van der Waals surface area contributed by atoms with Crippen LogP contribution in [-0.4, -0.2) is 33.4 Å². The molecule has 0 fully saturated rings. The maximum Gasteiger partial charge on any atom is 0.237 e. The van der Waals surface area contributed by atoms with Crippen molar-refractivity contribution in [1.82, 2.24) is 15.1 Å². The maximum atomic E-state index is 11.9. The van der Waals surface area contributed by atoms with E-state index < -0.39 is 6.04 Å². The minimum Gasteiger partial charge on any atom is -0.394 e. The Morgan fingerprint density at radius 1 is 1.74 bits per heavy atom. The lowest BCUT2D eigenvalue weighted by atomic mass is 9.92. The summed E-state index contributed by atoms with van der Waals surface area (Å²) in [7, 11) is 0. The molecule has 1 aliphatic carbocycles. The highest BCUT2D eigenvalue weighted by Crippen LogP contribution is 2.29. The number of hydrogen-bond donors (Lipinski definition) is 3. The molecule has 6 heteroatoms. The summed E-state index contributed by atoms with van der Waals surface area (Å²) in [5, 5.41) is 16.3. The molecule has 0 aromatic carbocycles. The normalized spacial score (nSPS) is 19.8. The Morgan fingerprint density at radius 3 is 3.21 bits per heavy atom. The van der Waals surface area contributed by atoms with Gasteiger partial charge in [-0.1, -0.05) is 6.92 Å². The van der Waals surface area contributed by atoms with Crippen LogP contribution in [0.4, 0.5) is 0 Å². The van der Waals surface area contributed by atoms with E-state index in [9.17, 15) is 4.79 Å². The Kier molecular flexibility index (Phi) is 4.55. The zero-order chi connectivity index (χ0) is 13.8. The minimum absolute atomic E-state index is 0.00120. The van der Waals surface area contributed by atoms with Crippen LogP contribution in [0.2, 0.25) is 0 Å². The second kappa shape index (κ2) is 6.16. The Morgan fingerprint density at radius 2 is 2.53 bits per heavy atom. The molecule has 1 aromatic heterocycles. The summed E-state index contributed by atoms with van der Waals surface area (Å²) in [6.45, 7) is 2.48. The zero-order valence-electron chi connectivity index (χ0n) is 11.3. The number of aromatic nitrogens is 2. The van der Waals surface area contributed by atoms with Crippen LogP contribution in [0, 0.1) is 0 Å². The first-order chi connectivity index (χ1) is 9.17. The molecule has 0 aliphatic heterocycles. The van der Waals surface area contributed by atoms with Gasteiger partial charge in [0.2, 0.25) is 5.91 Å². The van der Waals surface area contributed by atoms with E-state index in [1.807, 2.05) is 11.6 Å². The largest absolute Gasteiger partial charge is 0.394 e. The fourth-order valence-corrected chi connectivity index (χ4v) is 2.52. The fourth-order valence-electron chi connectivity index (χ4n) is 2.52. The van der Waals surface area contributed by atoms with Crippen LogP contribution in [0.1, 0.15) is 43.5 Å². The van der Waals surface area contributed by atoms with Gasteiger partial charge >= 0.3 is 0 Å². The van der Waals surface area contributed by atoms with Crippen LogP contribution < -0.4 is 11.1 Å². The molecule has 2 atom stereocenters. The fraction of sp³-hybridized carbons (Fsp3) is 0.692. The predicted octanol–water partition coefficient (Wildman–Crippen LogP) is 0.106. The number of amides is 1. The molecule has 1 aromatic rings. The van der Waals surface area contributed by atoms with Crippen LogP contribution in [0.5, 0.6) is 0 Å². The molecule has 106 valence electrons. The number of rotatable bonds is 5. The molecular formula is C13H22N4O2. The topological polar surface area (TPSA) is 93.2 Å². The third kappa shape index (κ3) is 2.96. The molecule has 0 bridgehead atoms. The van der Waals surface area contributed by atoms with Crippen LogP contribution in [0.25, 0.3) is 0 Å². The van der Waals surface area contributed by atoms with Gasteiger partial charge in [-0.05, 0) is 25.7 Å². The highest BCUT2D eigenvalue weighted by atomic mass is 16.3. The van der Waals surface area contributed by atoms with Gasteiger partial charge in [-0.15, -0.1) is 0 Å². The van der Waals surface area contributed by atoms with Crippen molar-refractivity contribution >= 4 is 5.91 Å². The van der Waals surface area contributed by atoms with Gasteiger partial charge < -0.3 is 16.2 Å². The number of aliphatic hydroxyl groups excluding tert-OH is 1. The summed E-state index contributed by atoms with van der Waals surface area (Å²) >= 11 is 0. The number of hydrogen-bond acceptors (Lipinski definition) is 4. The average molecular weight is 266 g/mol. The number of carbonyl (C=O) groups excluding carboxylic acids is 1. The Hall–Kier alpha value is -1.40. The lowest BCUT2D eigenvalue weighted by molar-refractivity contribution is -0.123. The molecule has 19 heavy (non-hydrogen) atoms. The Balaban J connectivity index is 2.12. The van der Waals surface area contributed by atoms with Gasteiger partial charge in [-0.3, -0.25) is 9.48 Å². The molecule has 0 saturated heterocycles. The van der Waals surface area contributed by atoms with Crippen molar-refractivity contribution in [3.05, 3.63) is 17.5 Å². The highest BCUT2D eigenvalue weighted by Gasteiger charge is 2.26. The van der Waals surface area contributed by atoms with Gasteiger partial charge in [-0.25, -0.2) is 0 Å². The van der Waals surface area contributed by atoms with Crippen molar-refractivity contribution < 1.29 is 9.90 Å². The third-order valence-corrected chi connectivity index (χ3v) is 3.67. The van der Waals surface area contributed by atoms with E-state index in [4.69, 9.17) is 10.8 Å². The molecule has 2 unspecified atom stereocenters. The van der Waals surface area contributed by atoms with Crippen LogP contribution in [-0.2, 0) is 17.8 Å². The molecule has 1 heterocycles. The molecule has 4 N–H and O–H groups in total. The van der Waals surface area contributed by atoms with Crippen molar-refractivity contribution in [2.45, 2.75) is 51.2 Å². The van der Waals surface area contributed by atoms with E-state index in [-0.39, 0.29) is 18.6 Å². The first kappa shape index (κ1) is 14.0. The second-order valence-electron chi connectivity index (χ2n) is 4.96. The van der Waals surface area contributed by atoms with E-state index in [2.05, 4.69) is 10.4 Å². The molecule has 1 aliphatic rings. The van der Waals surface area contributed by atoms with E-state index in [0.717, 1.165) is 30.5 Å². The van der Waals surface area contributed by atoms with Crippen LogP contribution >= 0.6 is 0 Å². The van der Waals surface area contributed by atoms with Crippen molar-refractivity contribution in [3.63, 3.8) is 0 Å². The highest BCUT2D eigenvalue weighted by molar-refractivity contribution is 5.81. The number of aliphatic hydroxyl groups is 1. The van der Waals surface area contributed by atoms with Crippen molar-refractivity contribution in [1.29, 1.82) is 0 Å². The smallest absolute Gasteiger partial charge is 0.237 e. The van der Waals surface area contributed by atoms with Gasteiger partial charge in [0.1, 0.15) is 0 Å². The van der Waals surface area contributed by atoms with Gasteiger partial charge in [0.25, 0.3) is 0 Å². The summed E-state index contributed by atoms with van der Waals surface area (Å²) in [4.78, 5) is 11.9. The summed E-state index contributed by atoms with van der Waals surface area (Å²) in [5.41, 5.74) is 7.93. The molecular weight excluding hydrogens is 244 g/mol. The van der Waals surface area contributed by atoms with Crippen molar-refractivity contribution in [2.75, 3.05) is 6.61 Å². The van der Waals surface area contributed by atoms with Gasteiger partial charge in [0.15, 0.2) is 0 Å². The Labute approximate surface area is 113 Å². The lowest BCUT2D eigenvalue weighted by Crippen LogP contribution is -2.42. The molecule has 0 saturated carbocycles. The summed E-state index contributed by atoms with van der Waals surface area (Å²) in [5.74, 6) is -0.102. The lowest BCUT2D eigenvalue weighted by Gasteiger charge is -2.25. The number of nitrogens with zero attached hydrogens (tertiary/aromatic N) is 2. The van der Waals surface area contributed by atoms with Gasteiger partial charge in [0.05, 0.1) is 31.4 Å². The maximum absolute atomic E-state index is 11.9. The first-order valence-corrected chi connectivity index (χ1v) is 6.88. The number of nitrogens with one attached hydrogen (secondary N) is 1. The zero-order valence-corrected chi connectivity index (χ0v) is 11.3. The molecule has 0 spiro atoms. The quantitative estimate of drug-likeness (QED) is 0.705. The summed E-state index contributed by atoms with van der Waals surface area (Å²) in [6.07, 6.45) is 5.31. The number of fused-ring (bicyclic) bond motifs is 1. The van der Waals surface area contributed by atoms with E-state index in [1.54, 1.807) is 6.20 Å². The SMILES string of the molecule is CCC(N)C(=O)NC1CCCc2c1cnn2CCO. The van der Waals surface area contributed by atoms with E-state index >= 15 is 0 Å². The van der Waals surface area contributed by atoms with Crippen molar-refractivity contribution in [3.8, 4) is 0 Å². The molecule has 1 amide bonds. The first-order valence-electron chi connectivity index (χ1n) is 6.88. The monoisotopic (exact) mass is 266 g/mol. The van der Waals surface area contributed by atoms with Crippen molar-refractivity contribution in [2.24, 2.45) is 5.73 Å². The van der Waals surface area contributed by atoms with E-state index in [1.165, 1.54) is 0 Å². The average Bonchev–Trinajstić information content (AvgIpc) is 2.83. The molecule has 2 rings (SSSR count). The third-order valence-electron chi connectivity index (χ3n) is 3.67. The molecule has 0 radical (unpaired) electrons. The number of nitrogens with two attached hydrogens (primary N) is 1. The van der Waals surface area contributed by atoms with E-state index in [0.29, 0.717) is 13.0 Å². The summed E-state index contributed by atoms with van der Waals surface area (Å²) in [6, 6.07) is -0.445. The van der Waals surface area contributed by atoms with Crippen LogP contribution in [0.15, 0.2) is 6.20 Å². The predicted molar refractivity (Wildman–Crippen MR) is 71.4 cm³/mol. The van der Waals surface area contributed by atoms with Gasteiger partial charge in [-0.2, -0.15) is 5.10 Å². The molecule has 6 nitrogen and oxygen atoms in total. The minimum atomic E-state index is -0.446. The van der Waals surface area contributed by atoms with Gasteiger partial charge in [0, 0.05) is 11.3 Å². The second-order valence-corrected chi connectivity index (χ2v) is 4.96.